The Balaban J connectivity index is 1.80. The van der Waals surface area contributed by atoms with E-state index in [9.17, 15) is 10.1 Å². The van der Waals surface area contributed by atoms with E-state index in [1.54, 1.807) is 16.8 Å². The molecule has 0 amide bonds. The summed E-state index contributed by atoms with van der Waals surface area (Å²) in [5.41, 5.74) is 3.60. The summed E-state index contributed by atoms with van der Waals surface area (Å²) in [6.07, 6.45) is 3.00. The molecular weight excluding hydrogens is 364 g/mol. The van der Waals surface area contributed by atoms with Crippen LogP contribution in [-0.4, -0.2) is 21.2 Å². The summed E-state index contributed by atoms with van der Waals surface area (Å²) in [6.45, 7) is 0.828. The summed E-state index contributed by atoms with van der Waals surface area (Å²) in [6, 6.07) is 21.2. The molecule has 0 atom stereocenters. The van der Waals surface area contributed by atoms with Crippen molar-refractivity contribution in [1.82, 2.24) is 9.78 Å². The van der Waals surface area contributed by atoms with E-state index in [1.807, 2.05) is 24.3 Å². The maximum atomic E-state index is 11.6. The predicted molar refractivity (Wildman–Crippen MR) is 115 cm³/mol. The molecule has 0 saturated heterocycles. The van der Waals surface area contributed by atoms with E-state index in [0.29, 0.717) is 5.69 Å². The van der Waals surface area contributed by atoms with Crippen LogP contribution >= 0.6 is 0 Å². The Bertz CT molecular complexity index is 1220. The maximum Gasteiger partial charge on any atom is 0.294 e. The first-order valence-corrected chi connectivity index (χ1v) is 9.82. The summed E-state index contributed by atoms with van der Waals surface area (Å²) in [4.78, 5) is 11.3. The van der Waals surface area contributed by atoms with Gasteiger partial charge in [0.15, 0.2) is 0 Å². The molecule has 0 unspecified atom stereocenters. The maximum absolute atomic E-state index is 11.6. The van der Waals surface area contributed by atoms with Crippen molar-refractivity contribution in [3.63, 3.8) is 0 Å². The SMILES string of the molecule is O=[N+]([O-])c1ccccc1-n1nc(-c2cccc3ccccc23)c2c1NCCCC2. The summed E-state index contributed by atoms with van der Waals surface area (Å²) in [5, 5.41) is 22.3. The highest BCUT2D eigenvalue weighted by atomic mass is 16.6. The van der Waals surface area contributed by atoms with Gasteiger partial charge < -0.3 is 5.32 Å². The minimum Gasteiger partial charge on any atom is -0.370 e. The molecule has 144 valence electrons. The van der Waals surface area contributed by atoms with Gasteiger partial charge >= 0.3 is 0 Å². The third-order valence-electron chi connectivity index (χ3n) is 5.48. The van der Waals surface area contributed by atoms with Gasteiger partial charge in [-0.15, -0.1) is 0 Å². The van der Waals surface area contributed by atoms with E-state index in [0.717, 1.165) is 59.2 Å². The van der Waals surface area contributed by atoms with Crippen molar-refractivity contribution >= 4 is 22.3 Å². The molecule has 1 N–H and O–H groups in total. The van der Waals surface area contributed by atoms with Gasteiger partial charge in [-0.3, -0.25) is 10.1 Å². The second-order valence-electron chi connectivity index (χ2n) is 7.24. The highest BCUT2D eigenvalue weighted by Gasteiger charge is 2.25. The quantitative estimate of drug-likeness (QED) is 0.382. The van der Waals surface area contributed by atoms with Crippen LogP contribution in [0.4, 0.5) is 11.5 Å². The van der Waals surface area contributed by atoms with E-state index >= 15 is 0 Å². The molecule has 29 heavy (non-hydrogen) atoms. The van der Waals surface area contributed by atoms with Gasteiger partial charge in [0.2, 0.25) is 0 Å². The lowest BCUT2D eigenvalue weighted by Crippen LogP contribution is -2.08. The largest absolute Gasteiger partial charge is 0.370 e. The van der Waals surface area contributed by atoms with Crippen LogP contribution in [0, 0.1) is 10.1 Å². The molecule has 0 bridgehead atoms. The third-order valence-corrected chi connectivity index (χ3v) is 5.48. The molecule has 4 aromatic rings. The van der Waals surface area contributed by atoms with E-state index in [2.05, 4.69) is 29.6 Å². The average Bonchev–Trinajstić information content (AvgIpc) is 2.93. The Kier molecular flexibility index (Phi) is 4.24. The summed E-state index contributed by atoms with van der Waals surface area (Å²) in [5.74, 6) is 0.861. The number of nitrogens with zero attached hydrogens (tertiary/aromatic N) is 3. The van der Waals surface area contributed by atoms with Gasteiger partial charge in [0.25, 0.3) is 5.69 Å². The zero-order valence-electron chi connectivity index (χ0n) is 15.8. The Morgan fingerprint density at radius 1 is 0.966 bits per heavy atom. The van der Waals surface area contributed by atoms with Gasteiger partial charge in [-0.1, -0.05) is 54.6 Å². The van der Waals surface area contributed by atoms with E-state index in [4.69, 9.17) is 5.10 Å². The summed E-state index contributed by atoms with van der Waals surface area (Å²) < 4.78 is 1.72. The number of hydrogen-bond acceptors (Lipinski definition) is 4. The Labute approximate surface area is 167 Å². The van der Waals surface area contributed by atoms with Crippen LogP contribution in [0.1, 0.15) is 18.4 Å². The molecule has 3 aromatic carbocycles. The standard InChI is InChI=1S/C23H20N4O2/c28-27(29)21-14-4-3-13-20(21)26-23-19(11-5-6-15-24-23)22(25-26)18-12-7-9-16-8-1-2-10-17(16)18/h1-4,7-10,12-14,24H,5-6,11,15H2. The Morgan fingerprint density at radius 3 is 2.66 bits per heavy atom. The molecular formula is C23H20N4O2. The normalized spacial score (nSPS) is 13.5. The average molecular weight is 384 g/mol. The monoisotopic (exact) mass is 384 g/mol. The van der Waals surface area contributed by atoms with Crippen LogP contribution in [0.5, 0.6) is 0 Å². The highest BCUT2D eigenvalue weighted by Crippen LogP contribution is 2.38. The van der Waals surface area contributed by atoms with Crippen LogP contribution in [0.25, 0.3) is 27.7 Å². The zero-order valence-corrected chi connectivity index (χ0v) is 15.8. The van der Waals surface area contributed by atoms with E-state index in [1.165, 1.54) is 6.07 Å². The molecule has 0 spiro atoms. The highest BCUT2D eigenvalue weighted by molar-refractivity contribution is 5.97. The molecule has 0 saturated carbocycles. The molecule has 0 radical (unpaired) electrons. The number of benzene rings is 3. The topological polar surface area (TPSA) is 73.0 Å². The number of hydrogen-bond donors (Lipinski definition) is 1. The fourth-order valence-corrected chi connectivity index (χ4v) is 4.12. The minimum absolute atomic E-state index is 0.0494. The van der Waals surface area contributed by atoms with Crippen LogP contribution in [0.3, 0.4) is 0 Å². The van der Waals surface area contributed by atoms with E-state index < -0.39 is 0 Å². The number of nitro groups is 1. The molecule has 0 fully saturated rings. The smallest absolute Gasteiger partial charge is 0.294 e. The molecule has 6 nitrogen and oxygen atoms in total. The van der Waals surface area contributed by atoms with Gasteiger partial charge in [-0.25, -0.2) is 4.68 Å². The van der Waals surface area contributed by atoms with Crippen molar-refractivity contribution in [3.05, 3.63) is 82.4 Å². The van der Waals surface area contributed by atoms with Gasteiger partial charge in [-0.2, -0.15) is 5.10 Å². The van der Waals surface area contributed by atoms with Gasteiger partial charge in [0.1, 0.15) is 11.5 Å². The minimum atomic E-state index is -0.350. The van der Waals surface area contributed by atoms with Gasteiger partial charge in [0, 0.05) is 23.7 Å². The number of rotatable bonds is 3. The second-order valence-corrected chi connectivity index (χ2v) is 7.24. The lowest BCUT2D eigenvalue weighted by atomic mass is 9.98. The zero-order chi connectivity index (χ0) is 19.8. The lowest BCUT2D eigenvalue weighted by Gasteiger charge is -2.09. The van der Waals surface area contributed by atoms with Crippen molar-refractivity contribution in [2.24, 2.45) is 0 Å². The summed E-state index contributed by atoms with van der Waals surface area (Å²) >= 11 is 0. The number of anilines is 1. The number of nitrogens with one attached hydrogen (secondary N) is 1. The first-order valence-electron chi connectivity index (χ1n) is 9.82. The first-order chi connectivity index (χ1) is 14.2. The lowest BCUT2D eigenvalue weighted by molar-refractivity contribution is -0.384. The van der Waals surface area contributed by atoms with Gasteiger partial charge in [0.05, 0.1) is 10.6 Å². The molecule has 1 aromatic heterocycles. The van der Waals surface area contributed by atoms with Crippen molar-refractivity contribution in [2.75, 3.05) is 11.9 Å². The van der Waals surface area contributed by atoms with Crippen molar-refractivity contribution in [3.8, 4) is 16.9 Å². The molecule has 6 heteroatoms. The molecule has 1 aliphatic rings. The van der Waals surface area contributed by atoms with Crippen molar-refractivity contribution < 1.29 is 4.92 Å². The van der Waals surface area contributed by atoms with Crippen LogP contribution < -0.4 is 5.32 Å². The van der Waals surface area contributed by atoms with Crippen LogP contribution in [0.15, 0.2) is 66.7 Å². The Hall–Kier alpha value is -3.67. The fourth-order valence-electron chi connectivity index (χ4n) is 4.12. The molecule has 2 heterocycles. The molecule has 0 aliphatic carbocycles. The summed E-state index contributed by atoms with van der Waals surface area (Å²) in [7, 11) is 0. The number of nitro benzene ring substituents is 1. The van der Waals surface area contributed by atoms with Crippen molar-refractivity contribution in [1.29, 1.82) is 0 Å². The molecule has 1 aliphatic heterocycles. The number of fused-ring (bicyclic) bond motifs is 2. The third kappa shape index (κ3) is 2.93. The predicted octanol–water partition coefficient (Wildman–Crippen LogP) is 5.35. The number of para-hydroxylation sites is 2. The van der Waals surface area contributed by atoms with Gasteiger partial charge in [-0.05, 0) is 36.1 Å². The Morgan fingerprint density at radius 2 is 1.76 bits per heavy atom. The second kappa shape index (κ2) is 7.05. The molecule has 5 rings (SSSR count). The number of aromatic nitrogens is 2. The fraction of sp³-hybridized carbons (Fsp3) is 0.174. The van der Waals surface area contributed by atoms with Crippen molar-refractivity contribution in [2.45, 2.75) is 19.3 Å². The van der Waals surface area contributed by atoms with E-state index in [-0.39, 0.29) is 10.6 Å². The van der Waals surface area contributed by atoms with Crippen LogP contribution in [-0.2, 0) is 6.42 Å². The first kappa shape index (κ1) is 17.4. The van der Waals surface area contributed by atoms with Crippen LogP contribution in [0.2, 0.25) is 0 Å².